The molecule has 1 aromatic rings. The Morgan fingerprint density at radius 2 is 1.94 bits per heavy atom. The molecular formula is C12H17N3O2. The van der Waals surface area contributed by atoms with Crippen molar-refractivity contribution in [1.82, 2.24) is 0 Å². The topological polar surface area (TPSA) is 89.2 Å². The molecule has 17 heavy (non-hydrogen) atoms. The first-order chi connectivity index (χ1) is 8.19. The van der Waals surface area contributed by atoms with E-state index >= 15 is 0 Å². The van der Waals surface area contributed by atoms with Gasteiger partial charge in [-0.2, -0.15) is 0 Å². The largest absolute Gasteiger partial charge is 0.390 e. The first-order valence-electron chi connectivity index (χ1n) is 5.64. The number of azide groups is 1. The second-order valence-corrected chi connectivity index (χ2v) is 3.85. The van der Waals surface area contributed by atoms with E-state index in [1.54, 1.807) is 12.1 Å². The molecule has 0 saturated heterocycles. The highest BCUT2D eigenvalue weighted by molar-refractivity contribution is 5.24. The standard InChI is InChI=1S/C12H17N3O2/c1-2-9-3-5-10(6-4-9)12(17)11(16)7-8-14-15-13/h3-6,11-12,16-17H,2,7-8H2,1H3. The number of aliphatic hydroxyl groups is 2. The molecular weight excluding hydrogens is 218 g/mol. The molecule has 1 rings (SSSR count). The summed E-state index contributed by atoms with van der Waals surface area (Å²) < 4.78 is 0. The van der Waals surface area contributed by atoms with Crippen molar-refractivity contribution in [2.45, 2.75) is 32.0 Å². The van der Waals surface area contributed by atoms with E-state index in [0.717, 1.165) is 6.42 Å². The molecule has 0 fully saturated rings. The lowest BCUT2D eigenvalue weighted by Crippen LogP contribution is -2.19. The summed E-state index contributed by atoms with van der Waals surface area (Å²) in [5.74, 6) is 0. The normalized spacial score (nSPS) is 13.8. The average Bonchev–Trinajstić information content (AvgIpc) is 2.38. The molecule has 1 aromatic carbocycles. The molecule has 5 nitrogen and oxygen atoms in total. The second kappa shape index (κ2) is 6.91. The summed E-state index contributed by atoms with van der Waals surface area (Å²) in [5, 5.41) is 22.9. The van der Waals surface area contributed by atoms with Crippen LogP contribution in [0, 0.1) is 0 Å². The third-order valence-corrected chi connectivity index (χ3v) is 2.68. The van der Waals surface area contributed by atoms with Crippen LogP contribution in [0.5, 0.6) is 0 Å². The summed E-state index contributed by atoms with van der Waals surface area (Å²) in [6.07, 6.45) is -0.654. The van der Waals surface area contributed by atoms with E-state index in [1.165, 1.54) is 5.56 Å². The number of nitrogens with zero attached hydrogens (tertiary/aromatic N) is 3. The highest BCUT2D eigenvalue weighted by Crippen LogP contribution is 2.19. The SMILES string of the molecule is CCc1ccc(C(O)C(O)CCN=[N+]=[N-])cc1. The predicted octanol–water partition coefficient (Wildman–Crippen LogP) is 2.34. The lowest BCUT2D eigenvalue weighted by Gasteiger charge is -2.17. The highest BCUT2D eigenvalue weighted by Gasteiger charge is 2.17. The summed E-state index contributed by atoms with van der Waals surface area (Å²) in [6, 6.07) is 7.47. The van der Waals surface area contributed by atoms with E-state index in [4.69, 9.17) is 5.53 Å². The molecule has 2 atom stereocenters. The van der Waals surface area contributed by atoms with E-state index in [0.29, 0.717) is 5.56 Å². The highest BCUT2D eigenvalue weighted by atomic mass is 16.3. The third-order valence-electron chi connectivity index (χ3n) is 2.68. The van der Waals surface area contributed by atoms with Crippen LogP contribution in [0.2, 0.25) is 0 Å². The predicted molar refractivity (Wildman–Crippen MR) is 65.4 cm³/mol. The summed E-state index contributed by atoms with van der Waals surface area (Å²) in [6.45, 7) is 2.24. The summed E-state index contributed by atoms with van der Waals surface area (Å²) in [5.41, 5.74) is 9.97. The van der Waals surface area contributed by atoms with Gasteiger partial charge in [-0.25, -0.2) is 0 Å². The fourth-order valence-electron chi connectivity index (χ4n) is 1.57. The molecule has 0 amide bonds. The van der Waals surface area contributed by atoms with Crippen molar-refractivity contribution in [1.29, 1.82) is 0 Å². The minimum atomic E-state index is -0.935. The minimum absolute atomic E-state index is 0.182. The fourth-order valence-corrected chi connectivity index (χ4v) is 1.57. The number of aryl methyl sites for hydroxylation is 1. The monoisotopic (exact) mass is 235 g/mol. The van der Waals surface area contributed by atoms with Gasteiger partial charge in [0.25, 0.3) is 0 Å². The maximum atomic E-state index is 9.87. The van der Waals surface area contributed by atoms with Crippen molar-refractivity contribution in [3.63, 3.8) is 0 Å². The Morgan fingerprint density at radius 1 is 1.29 bits per heavy atom. The Bertz CT molecular complexity index is 385. The van der Waals surface area contributed by atoms with Crippen LogP contribution in [-0.2, 0) is 6.42 Å². The van der Waals surface area contributed by atoms with Gasteiger partial charge in [0.1, 0.15) is 6.10 Å². The van der Waals surface area contributed by atoms with E-state index in [9.17, 15) is 10.2 Å². The quantitative estimate of drug-likeness (QED) is 0.450. The number of aliphatic hydroxyl groups excluding tert-OH is 2. The van der Waals surface area contributed by atoms with Crippen LogP contribution in [0.1, 0.15) is 30.6 Å². The third kappa shape index (κ3) is 4.07. The van der Waals surface area contributed by atoms with Gasteiger partial charge in [-0.05, 0) is 29.5 Å². The van der Waals surface area contributed by atoms with Gasteiger partial charge in [-0.1, -0.05) is 36.3 Å². The summed E-state index contributed by atoms with van der Waals surface area (Å²) in [4.78, 5) is 2.59. The number of benzene rings is 1. The number of hydrogen-bond donors (Lipinski definition) is 2. The Hall–Kier alpha value is -1.55. The summed E-state index contributed by atoms with van der Waals surface area (Å²) in [7, 11) is 0. The van der Waals surface area contributed by atoms with Gasteiger partial charge in [-0.15, -0.1) is 0 Å². The van der Waals surface area contributed by atoms with Crippen molar-refractivity contribution in [3.8, 4) is 0 Å². The van der Waals surface area contributed by atoms with E-state index < -0.39 is 12.2 Å². The van der Waals surface area contributed by atoms with Crippen molar-refractivity contribution >= 4 is 0 Å². The smallest absolute Gasteiger partial charge is 0.105 e. The molecule has 0 bridgehead atoms. The Balaban J connectivity index is 2.60. The molecule has 0 spiro atoms. The van der Waals surface area contributed by atoms with Crippen LogP contribution in [0.15, 0.2) is 29.4 Å². The van der Waals surface area contributed by atoms with Crippen molar-refractivity contribution < 1.29 is 10.2 Å². The number of hydrogen-bond acceptors (Lipinski definition) is 3. The Morgan fingerprint density at radius 3 is 2.47 bits per heavy atom. The Labute approximate surface area is 100 Å². The molecule has 0 aromatic heterocycles. The lowest BCUT2D eigenvalue weighted by molar-refractivity contribution is 0.0150. The number of rotatable bonds is 6. The Kier molecular flexibility index (Phi) is 5.49. The van der Waals surface area contributed by atoms with E-state index in [2.05, 4.69) is 16.9 Å². The van der Waals surface area contributed by atoms with Crippen molar-refractivity contribution in [2.24, 2.45) is 5.11 Å². The fraction of sp³-hybridized carbons (Fsp3) is 0.500. The first-order valence-corrected chi connectivity index (χ1v) is 5.64. The van der Waals surface area contributed by atoms with Gasteiger partial charge in [0.15, 0.2) is 0 Å². The van der Waals surface area contributed by atoms with E-state index in [-0.39, 0.29) is 13.0 Å². The van der Waals surface area contributed by atoms with Gasteiger partial charge in [0, 0.05) is 11.5 Å². The zero-order valence-corrected chi connectivity index (χ0v) is 9.82. The maximum absolute atomic E-state index is 9.87. The van der Waals surface area contributed by atoms with Crippen LogP contribution < -0.4 is 0 Å². The lowest BCUT2D eigenvalue weighted by atomic mass is 10.0. The van der Waals surface area contributed by atoms with Gasteiger partial charge in [-0.3, -0.25) is 0 Å². The van der Waals surface area contributed by atoms with Gasteiger partial charge < -0.3 is 10.2 Å². The average molecular weight is 235 g/mol. The molecule has 2 N–H and O–H groups in total. The molecule has 0 heterocycles. The molecule has 5 heteroatoms. The van der Waals surface area contributed by atoms with Gasteiger partial charge >= 0.3 is 0 Å². The first kappa shape index (κ1) is 13.5. The zero-order valence-electron chi connectivity index (χ0n) is 9.82. The van der Waals surface area contributed by atoms with Crippen LogP contribution in [0.3, 0.4) is 0 Å². The van der Waals surface area contributed by atoms with Crippen molar-refractivity contribution in [3.05, 3.63) is 45.8 Å². The summed E-state index contributed by atoms with van der Waals surface area (Å²) >= 11 is 0. The molecule has 92 valence electrons. The van der Waals surface area contributed by atoms with Gasteiger partial charge in [0.05, 0.1) is 6.10 Å². The minimum Gasteiger partial charge on any atom is -0.390 e. The molecule has 0 saturated carbocycles. The van der Waals surface area contributed by atoms with E-state index in [1.807, 2.05) is 12.1 Å². The van der Waals surface area contributed by atoms with Crippen LogP contribution >= 0.6 is 0 Å². The molecule has 0 aliphatic rings. The van der Waals surface area contributed by atoms with Crippen LogP contribution in [-0.4, -0.2) is 22.9 Å². The molecule has 0 radical (unpaired) electrons. The van der Waals surface area contributed by atoms with Crippen LogP contribution in [0.4, 0.5) is 0 Å². The van der Waals surface area contributed by atoms with Crippen LogP contribution in [0.25, 0.3) is 10.4 Å². The molecule has 0 aliphatic carbocycles. The zero-order chi connectivity index (χ0) is 12.7. The molecule has 0 aliphatic heterocycles. The maximum Gasteiger partial charge on any atom is 0.105 e. The molecule has 2 unspecified atom stereocenters. The van der Waals surface area contributed by atoms with Gasteiger partial charge in [0.2, 0.25) is 0 Å². The van der Waals surface area contributed by atoms with Crippen molar-refractivity contribution in [2.75, 3.05) is 6.54 Å². The second-order valence-electron chi connectivity index (χ2n) is 3.85.